The average molecular weight is 377 g/mol. The number of carbonyl (C=O) groups excluding carboxylic acids is 1. The Morgan fingerprint density at radius 3 is 2.36 bits per heavy atom. The molecular weight excluding hydrogens is 350 g/mol. The van der Waals surface area contributed by atoms with Gasteiger partial charge in [-0.2, -0.15) is 0 Å². The maximum absolute atomic E-state index is 12.8. The van der Waals surface area contributed by atoms with E-state index in [2.05, 4.69) is 53.4 Å². The number of hydrogen-bond donors (Lipinski definition) is 1. The van der Waals surface area contributed by atoms with Crippen LogP contribution in [0.25, 0.3) is 11.0 Å². The summed E-state index contributed by atoms with van der Waals surface area (Å²) in [6, 6.07) is 12.2. The van der Waals surface area contributed by atoms with Gasteiger partial charge in [0.05, 0.1) is 0 Å². The normalized spacial score (nSPS) is 15.2. The number of aryl methyl sites for hydroxylation is 3. The van der Waals surface area contributed by atoms with Gasteiger partial charge in [-0.3, -0.25) is 4.79 Å². The van der Waals surface area contributed by atoms with Crippen molar-refractivity contribution in [3.8, 4) is 0 Å². The van der Waals surface area contributed by atoms with Gasteiger partial charge in [0.15, 0.2) is 5.76 Å². The second kappa shape index (κ2) is 7.32. The molecule has 0 radical (unpaired) electrons. The Morgan fingerprint density at radius 1 is 1.00 bits per heavy atom. The number of anilines is 2. The number of amides is 1. The van der Waals surface area contributed by atoms with Crippen molar-refractivity contribution in [3.05, 3.63) is 58.8 Å². The molecule has 1 aliphatic heterocycles. The molecule has 1 aliphatic rings. The number of nitrogens with zero attached hydrogens (tertiary/aromatic N) is 2. The lowest BCUT2D eigenvalue weighted by Crippen LogP contribution is -2.44. The first kappa shape index (κ1) is 18.6. The number of benzene rings is 2. The largest absolute Gasteiger partial charge is 0.450 e. The first-order valence-corrected chi connectivity index (χ1v) is 9.77. The van der Waals surface area contributed by atoms with Crippen LogP contribution in [0.2, 0.25) is 0 Å². The van der Waals surface area contributed by atoms with Gasteiger partial charge in [0.25, 0.3) is 5.91 Å². The van der Waals surface area contributed by atoms with E-state index in [0.717, 1.165) is 54.0 Å². The van der Waals surface area contributed by atoms with Crippen LogP contribution in [0.3, 0.4) is 0 Å². The van der Waals surface area contributed by atoms with Crippen molar-refractivity contribution in [2.75, 3.05) is 43.4 Å². The highest BCUT2D eigenvalue weighted by Gasteiger charge is 2.19. The van der Waals surface area contributed by atoms with E-state index in [1.54, 1.807) is 0 Å². The summed E-state index contributed by atoms with van der Waals surface area (Å²) in [5, 5.41) is 3.98. The zero-order valence-electron chi connectivity index (χ0n) is 17.0. The molecule has 0 unspecified atom stereocenters. The van der Waals surface area contributed by atoms with Crippen molar-refractivity contribution >= 4 is 28.3 Å². The van der Waals surface area contributed by atoms with Gasteiger partial charge in [-0.25, -0.2) is 0 Å². The van der Waals surface area contributed by atoms with Gasteiger partial charge < -0.3 is 19.5 Å². The van der Waals surface area contributed by atoms with Crippen molar-refractivity contribution in [3.63, 3.8) is 0 Å². The van der Waals surface area contributed by atoms with Gasteiger partial charge >= 0.3 is 0 Å². The SMILES string of the molecule is Cc1cc(C)c2oc(C(=O)Nc3ccc(N4CCN(C)CC4)cc3)c(C)c2c1. The molecule has 1 saturated heterocycles. The Labute approximate surface area is 165 Å². The fraction of sp³-hybridized carbons (Fsp3) is 0.348. The van der Waals surface area contributed by atoms with E-state index in [4.69, 9.17) is 4.42 Å². The molecule has 5 nitrogen and oxygen atoms in total. The highest BCUT2D eigenvalue weighted by molar-refractivity contribution is 6.06. The number of carbonyl (C=O) groups is 1. The predicted molar refractivity (Wildman–Crippen MR) is 115 cm³/mol. The summed E-state index contributed by atoms with van der Waals surface area (Å²) in [5.74, 6) is 0.171. The molecular formula is C23H27N3O2. The summed E-state index contributed by atoms with van der Waals surface area (Å²) in [6.07, 6.45) is 0. The summed E-state index contributed by atoms with van der Waals surface area (Å²) in [7, 11) is 2.15. The summed E-state index contributed by atoms with van der Waals surface area (Å²) in [6.45, 7) is 10.2. The van der Waals surface area contributed by atoms with Crippen LogP contribution in [-0.4, -0.2) is 44.0 Å². The number of hydrogen-bond acceptors (Lipinski definition) is 4. The van der Waals surface area contributed by atoms with Crippen LogP contribution in [0.1, 0.15) is 27.2 Å². The van der Waals surface area contributed by atoms with Crippen LogP contribution in [-0.2, 0) is 0 Å². The molecule has 28 heavy (non-hydrogen) atoms. The topological polar surface area (TPSA) is 48.7 Å². The standard InChI is InChI=1S/C23H27N3O2/c1-15-13-16(2)21-20(14-15)17(3)22(28-21)23(27)24-18-5-7-19(8-6-18)26-11-9-25(4)10-12-26/h5-8,13-14H,9-12H2,1-4H3,(H,24,27). The lowest BCUT2D eigenvalue weighted by molar-refractivity contribution is 0.0998. The molecule has 0 aliphatic carbocycles. The smallest absolute Gasteiger partial charge is 0.291 e. The van der Waals surface area contributed by atoms with Gasteiger partial charge in [0, 0.05) is 48.5 Å². The van der Waals surface area contributed by atoms with Crippen molar-refractivity contribution in [2.45, 2.75) is 20.8 Å². The molecule has 4 rings (SSSR count). The third-order valence-corrected chi connectivity index (χ3v) is 5.57. The second-order valence-corrected chi connectivity index (χ2v) is 7.81. The Kier molecular flexibility index (Phi) is 4.85. The second-order valence-electron chi connectivity index (χ2n) is 7.81. The van der Waals surface area contributed by atoms with Gasteiger partial charge in [-0.05, 0) is 69.3 Å². The Hall–Kier alpha value is -2.79. The maximum Gasteiger partial charge on any atom is 0.291 e. The van der Waals surface area contributed by atoms with Crippen LogP contribution in [0.4, 0.5) is 11.4 Å². The van der Waals surface area contributed by atoms with Gasteiger partial charge in [-0.1, -0.05) is 6.07 Å². The maximum atomic E-state index is 12.8. The molecule has 1 fully saturated rings. The molecule has 0 saturated carbocycles. The van der Waals surface area contributed by atoms with E-state index >= 15 is 0 Å². The molecule has 0 bridgehead atoms. The molecule has 2 heterocycles. The van der Waals surface area contributed by atoms with Crippen molar-refractivity contribution in [1.29, 1.82) is 0 Å². The monoisotopic (exact) mass is 377 g/mol. The number of likely N-dealkylation sites (N-methyl/N-ethyl adjacent to an activating group) is 1. The van der Waals surface area contributed by atoms with Crippen molar-refractivity contribution < 1.29 is 9.21 Å². The van der Waals surface area contributed by atoms with Crippen LogP contribution >= 0.6 is 0 Å². The van der Waals surface area contributed by atoms with E-state index in [-0.39, 0.29) is 5.91 Å². The van der Waals surface area contributed by atoms with Gasteiger partial charge in [0.1, 0.15) is 5.58 Å². The van der Waals surface area contributed by atoms with E-state index in [1.807, 2.05) is 26.0 Å². The highest BCUT2D eigenvalue weighted by Crippen LogP contribution is 2.30. The molecule has 1 aromatic heterocycles. The van der Waals surface area contributed by atoms with E-state index in [1.165, 1.54) is 11.3 Å². The minimum atomic E-state index is -0.210. The average Bonchev–Trinajstić information content (AvgIpc) is 3.00. The lowest BCUT2D eigenvalue weighted by Gasteiger charge is -2.34. The summed E-state index contributed by atoms with van der Waals surface area (Å²) >= 11 is 0. The molecule has 1 N–H and O–H groups in total. The number of furan rings is 1. The Balaban J connectivity index is 1.52. The number of piperazine rings is 1. The molecule has 2 aromatic carbocycles. The quantitative estimate of drug-likeness (QED) is 0.737. The minimum absolute atomic E-state index is 0.210. The predicted octanol–water partition coefficient (Wildman–Crippen LogP) is 4.36. The Bertz CT molecular complexity index is 1010. The molecule has 3 aromatic rings. The first-order chi connectivity index (χ1) is 13.4. The highest BCUT2D eigenvalue weighted by atomic mass is 16.3. The molecule has 0 spiro atoms. The van der Waals surface area contributed by atoms with Gasteiger partial charge in [-0.15, -0.1) is 0 Å². The fourth-order valence-electron chi connectivity index (χ4n) is 3.89. The van der Waals surface area contributed by atoms with Crippen LogP contribution < -0.4 is 10.2 Å². The minimum Gasteiger partial charge on any atom is -0.450 e. The third-order valence-electron chi connectivity index (χ3n) is 5.57. The summed E-state index contributed by atoms with van der Waals surface area (Å²) < 4.78 is 5.92. The third kappa shape index (κ3) is 3.50. The van der Waals surface area contributed by atoms with Crippen LogP contribution in [0.15, 0.2) is 40.8 Å². The fourth-order valence-corrected chi connectivity index (χ4v) is 3.89. The zero-order chi connectivity index (χ0) is 19.8. The van der Waals surface area contributed by atoms with Crippen LogP contribution in [0.5, 0.6) is 0 Å². The summed E-state index contributed by atoms with van der Waals surface area (Å²) in [5.41, 5.74) is 5.86. The van der Waals surface area contributed by atoms with E-state index < -0.39 is 0 Å². The number of nitrogens with one attached hydrogen (secondary N) is 1. The van der Waals surface area contributed by atoms with E-state index in [9.17, 15) is 4.79 Å². The first-order valence-electron chi connectivity index (χ1n) is 9.77. The van der Waals surface area contributed by atoms with Crippen molar-refractivity contribution in [2.24, 2.45) is 0 Å². The summed E-state index contributed by atoms with van der Waals surface area (Å²) in [4.78, 5) is 17.5. The Morgan fingerprint density at radius 2 is 1.68 bits per heavy atom. The van der Waals surface area contributed by atoms with Gasteiger partial charge in [0.2, 0.25) is 0 Å². The van der Waals surface area contributed by atoms with Crippen LogP contribution in [0, 0.1) is 20.8 Å². The molecule has 0 atom stereocenters. The number of fused-ring (bicyclic) bond motifs is 1. The number of rotatable bonds is 3. The molecule has 146 valence electrons. The van der Waals surface area contributed by atoms with E-state index in [0.29, 0.717) is 5.76 Å². The zero-order valence-corrected chi connectivity index (χ0v) is 17.0. The molecule has 5 heteroatoms. The van der Waals surface area contributed by atoms with Crippen molar-refractivity contribution in [1.82, 2.24) is 4.90 Å². The lowest BCUT2D eigenvalue weighted by atomic mass is 10.1. The molecule has 1 amide bonds.